The van der Waals surface area contributed by atoms with Gasteiger partial charge in [0.2, 0.25) is 5.91 Å². The van der Waals surface area contributed by atoms with Crippen molar-refractivity contribution in [3.8, 4) is 0 Å². The molecule has 1 aliphatic rings. The van der Waals surface area contributed by atoms with Crippen LogP contribution < -0.4 is 0 Å². The van der Waals surface area contributed by atoms with Crippen molar-refractivity contribution < 1.29 is 14.7 Å². The van der Waals surface area contributed by atoms with E-state index in [0.29, 0.717) is 0 Å². The maximum absolute atomic E-state index is 11.6. The molecular weight excluding hydrogens is 182 g/mol. The van der Waals surface area contributed by atoms with Crippen LogP contribution in [0, 0.1) is 0 Å². The van der Waals surface area contributed by atoms with E-state index in [1.807, 2.05) is 13.8 Å². The molecule has 1 N–H and O–H groups in total. The van der Waals surface area contributed by atoms with Crippen molar-refractivity contribution in [2.75, 3.05) is 6.54 Å². The van der Waals surface area contributed by atoms with Crippen molar-refractivity contribution >= 4 is 11.9 Å². The zero-order valence-corrected chi connectivity index (χ0v) is 8.49. The summed E-state index contributed by atoms with van der Waals surface area (Å²) in [7, 11) is 0. The van der Waals surface area contributed by atoms with Gasteiger partial charge in [-0.1, -0.05) is 5.57 Å². The Morgan fingerprint density at radius 1 is 1.43 bits per heavy atom. The van der Waals surface area contributed by atoms with E-state index in [4.69, 9.17) is 5.11 Å². The Morgan fingerprint density at radius 3 is 2.36 bits per heavy atom. The average molecular weight is 197 g/mol. The van der Waals surface area contributed by atoms with Crippen LogP contribution in [0.1, 0.15) is 26.7 Å². The van der Waals surface area contributed by atoms with Crippen molar-refractivity contribution in [3.63, 3.8) is 0 Å². The van der Waals surface area contributed by atoms with Gasteiger partial charge >= 0.3 is 5.97 Å². The van der Waals surface area contributed by atoms with Crippen LogP contribution in [0.2, 0.25) is 0 Å². The minimum Gasteiger partial charge on any atom is -0.480 e. The zero-order valence-electron chi connectivity index (χ0n) is 8.49. The number of amides is 1. The minimum atomic E-state index is -0.951. The van der Waals surface area contributed by atoms with E-state index < -0.39 is 5.97 Å². The molecule has 0 saturated heterocycles. The van der Waals surface area contributed by atoms with Crippen molar-refractivity contribution in [3.05, 3.63) is 11.6 Å². The predicted molar refractivity (Wildman–Crippen MR) is 51.8 cm³/mol. The number of carboxylic acid groups (broad SMARTS) is 1. The first kappa shape index (κ1) is 10.8. The molecule has 14 heavy (non-hydrogen) atoms. The molecule has 1 aliphatic carbocycles. The van der Waals surface area contributed by atoms with Crippen LogP contribution in [0.25, 0.3) is 0 Å². The highest BCUT2D eigenvalue weighted by Gasteiger charge is 2.32. The lowest BCUT2D eigenvalue weighted by Crippen LogP contribution is -2.36. The minimum absolute atomic E-state index is 0.147. The number of nitrogens with zero attached hydrogens (tertiary/aromatic N) is 1. The lowest BCUT2D eigenvalue weighted by atomic mass is 10.3. The van der Waals surface area contributed by atoms with Crippen LogP contribution in [0.15, 0.2) is 11.6 Å². The SMILES string of the molecule is CC(C)=CC(=O)N(CC(=O)O)C1CC1. The zero-order chi connectivity index (χ0) is 10.7. The van der Waals surface area contributed by atoms with Crippen molar-refractivity contribution in [2.45, 2.75) is 32.7 Å². The molecule has 0 bridgehead atoms. The molecule has 4 nitrogen and oxygen atoms in total. The summed E-state index contributed by atoms with van der Waals surface area (Å²) in [5.41, 5.74) is 0.894. The number of aliphatic carboxylic acids is 1. The number of hydrogen-bond donors (Lipinski definition) is 1. The number of carbonyl (C=O) groups excluding carboxylic acids is 1. The summed E-state index contributed by atoms with van der Waals surface area (Å²) in [6.07, 6.45) is 3.34. The second kappa shape index (κ2) is 4.26. The van der Waals surface area contributed by atoms with Gasteiger partial charge in [0.05, 0.1) is 0 Å². The third-order valence-electron chi connectivity index (χ3n) is 1.99. The van der Waals surface area contributed by atoms with Gasteiger partial charge in [-0.3, -0.25) is 9.59 Å². The van der Waals surface area contributed by atoms with Gasteiger partial charge in [0, 0.05) is 12.1 Å². The molecule has 1 rings (SSSR count). The van der Waals surface area contributed by atoms with E-state index in [-0.39, 0.29) is 18.5 Å². The number of carboxylic acids is 1. The molecule has 1 saturated carbocycles. The largest absolute Gasteiger partial charge is 0.480 e. The highest BCUT2D eigenvalue weighted by Crippen LogP contribution is 2.26. The van der Waals surface area contributed by atoms with Crippen molar-refractivity contribution in [1.29, 1.82) is 0 Å². The standard InChI is InChI=1S/C10H15NO3/c1-7(2)5-9(12)11(6-10(13)14)8-3-4-8/h5,8H,3-4,6H2,1-2H3,(H,13,14). The number of hydrogen-bond acceptors (Lipinski definition) is 2. The van der Waals surface area contributed by atoms with Gasteiger partial charge in [0.15, 0.2) is 0 Å². The van der Waals surface area contributed by atoms with Crippen LogP contribution in [0.3, 0.4) is 0 Å². The maximum Gasteiger partial charge on any atom is 0.323 e. The number of rotatable bonds is 4. The fourth-order valence-corrected chi connectivity index (χ4v) is 1.25. The van der Waals surface area contributed by atoms with Crippen LogP contribution in [-0.2, 0) is 9.59 Å². The van der Waals surface area contributed by atoms with Crippen molar-refractivity contribution in [2.24, 2.45) is 0 Å². The van der Waals surface area contributed by atoms with Gasteiger partial charge in [0.25, 0.3) is 0 Å². The monoisotopic (exact) mass is 197 g/mol. The summed E-state index contributed by atoms with van der Waals surface area (Å²) in [5, 5.41) is 8.63. The summed E-state index contributed by atoms with van der Waals surface area (Å²) >= 11 is 0. The number of allylic oxidation sites excluding steroid dienone is 1. The lowest BCUT2D eigenvalue weighted by Gasteiger charge is -2.18. The third kappa shape index (κ3) is 3.20. The number of carbonyl (C=O) groups is 2. The molecular formula is C10H15NO3. The summed E-state index contributed by atoms with van der Waals surface area (Å²) in [5.74, 6) is -1.14. The van der Waals surface area contributed by atoms with Crippen molar-refractivity contribution in [1.82, 2.24) is 4.90 Å². The predicted octanol–water partition coefficient (Wildman–Crippen LogP) is 1.03. The summed E-state index contributed by atoms with van der Waals surface area (Å²) in [6.45, 7) is 3.46. The first-order chi connectivity index (χ1) is 6.50. The molecule has 1 fully saturated rings. The average Bonchev–Trinajstić information content (AvgIpc) is 2.80. The van der Waals surface area contributed by atoms with Gasteiger partial charge in [-0.15, -0.1) is 0 Å². The van der Waals surface area contributed by atoms with Gasteiger partial charge < -0.3 is 10.0 Å². The molecule has 0 heterocycles. The van der Waals surface area contributed by atoms with E-state index in [1.54, 1.807) is 0 Å². The molecule has 0 atom stereocenters. The van der Waals surface area contributed by atoms with E-state index in [9.17, 15) is 9.59 Å². The molecule has 0 aromatic rings. The highest BCUT2D eigenvalue weighted by atomic mass is 16.4. The second-order valence-electron chi connectivity index (χ2n) is 3.81. The molecule has 0 aromatic carbocycles. The summed E-state index contributed by atoms with van der Waals surface area (Å²) in [6, 6.07) is 0.147. The molecule has 0 spiro atoms. The van der Waals surface area contributed by atoms with Crippen LogP contribution in [0.5, 0.6) is 0 Å². The Hall–Kier alpha value is -1.32. The quantitative estimate of drug-likeness (QED) is 0.685. The summed E-state index contributed by atoms with van der Waals surface area (Å²) < 4.78 is 0. The Bertz CT molecular complexity index is 275. The van der Waals surface area contributed by atoms with Gasteiger partial charge in [-0.25, -0.2) is 0 Å². The first-order valence-corrected chi connectivity index (χ1v) is 4.68. The van der Waals surface area contributed by atoms with E-state index in [1.165, 1.54) is 11.0 Å². The van der Waals surface area contributed by atoms with E-state index in [0.717, 1.165) is 18.4 Å². The maximum atomic E-state index is 11.6. The van der Waals surface area contributed by atoms with Gasteiger partial charge in [0.1, 0.15) is 6.54 Å². The van der Waals surface area contributed by atoms with Gasteiger partial charge in [-0.05, 0) is 26.7 Å². The van der Waals surface area contributed by atoms with E-state index >= 15 is 0 Å². The van der Waals surface area contributed by atoms with Crippen LogP contribution >= 0.6 is 0 Å². The third-order valence-corrected chi connectivity index (χ3v) is 1.99. The van der Waals surface area contributed by atoms with Crippen LogP contribution in [0.4, 0.5) is 0 Å². The van der Waals surface area contributed by atoms with Gasteiger partial charge in [-0.2, -0.15) is 0 Å². The Morgan fingerprint density at radius 2 is 2.00 bits per heavy atom. The molecule has 78 valence electrons. The fraction of sp³-hybridized carbons (Fsp3) is 0.600. The topological polar surface area (TPSA) is 57.6 Å². The molecule has 1 amide bonds. The molecule has 0 radical (unpaired) electrons. The van der Waals surface area contributed by atoms with E-state index in [2.05, 4.69) is 0 Å². The highest BCUT2D eigenvalue weighted by molar-refractivity contribution is 5.91. The second-order valence-corrected chi connectivity index (χ2v) is 3.81. The Kier molecular flexibility index (Phi) is 3.28. The van der Waals surface area contributed by atoms with Crippen LogP contribution in [-0.4, -0.2) is 34.5 Å². The molecule has 0 aromatic heterocycles. The molecule has 4 heteroatoms. The normalized spacial score (nSPS) is 14.7. The Labute approximate surface area is 83.2 Å². The Balaban J connectivity index is 2.62. The summed E-state index contributed by atoms with van der Waals surface area (Å²) in [4.78, 5) is 23.5. The molecule has 0 aliphatic heterocycles. The fourth-order valence-electron chi connectivity index (χ4n) is 1.25. The molecule has 0 unspecified atom stereocenters. The smallest absolute Gasteiger partial charge is 0.323 e. The lowest BCUT2D eigenvalue weighted by molar-refractivity contribution is -0.143. The first-order valence-electron chi connectivity index (χ1n) is 4.68.